The van der Waals surface area contributed by atoms with E-state index in [0.29, 0.717) is 0 Å². The molecule has 1 rings (SSSR count). The highest BCUT2D eigenvalue weighted by atomic mass is 33.1. The summed E-state index contributed by atoms with van der Waals surface area (Å²) in [6.45, 7) is 8.33. The predicted octanol–water partition coefficient (Wildman–Crippen LogP) is 4.78. The highest BCUT2D eigenvalue weighted by Gasteiger charge is 1.95. The molecule has 0 heterocycles. The first-order chi connectivity index (χ1) is 6.34. The van der Waals surface area contributed by atoms with Gasteiger partial charge in [-0.15, -0.1) is 0 Å². The van der Waals surface area contributed by atoms with Gasteiger partial charge in [-0.2, -0.15) is 0 Å². The van der Waals surface area contributed by atoms with Gasteiger partial charge < -0.3 is 0 Å². The standard InChI is InChI=1S/C9H12S2.C2H6/c1-3-10-11-9-7-5-4-6-8(9)2;1-2/h4-7H,3H2,1-2H3;1-2H3. The zero-order chi connectivity index (χ0) is 10.1. The molecule has 0 aliphatic heterocycles. The maximum atomic E-state index is 2.18. The van der Waals surface area contributed by atoms with E-state index in [-0.39, 0.29) is 0 Å². The van der Waals surface area contributed by atoms with Crippen LogP contribution in [0, 0.1) is 6.92 Å². The Morgan fingerprint density at radius 1 is 1.15 bits per heavy atom. The van der Waals surface area contributed by atoms with E-state index in [4.69, 9.17) is 0 Å². The molecule has 0 nitrogen and oxygen atoms in total. The average molecular weight is 214 g/mol. The highest BCUT2D eigenvalue weighted by molar-refractivity contribution is 8.76. The molecule has 0 saturated carbocycles. The van der Waals surface area contributed by atoms with E-state index in [1.54, 1.807) is 0 Å². The predicted molar refractivity (Wildman–Crippen MR) is 66.5 cm³/mol. The van der Waals surface area contributed by atoms with Crippen molar-refractivity contribution in [1.82, 2.24) is 0 Å². The van der Waals surface area contributed by atoms with Gasteiger partial charge in [0, 0.05) is 10.6 Å². The lowest BCUT2D eigenvalue weighted by Crippen LogP contribution is -1.74. The number of aryl methyl sites for hydroxylation is 1. The first-order valence-electron chi connectivity index (χ1n) is 4.69. The quantitative estimate of drug-likeness (QED) is 0.664. The molecule has 0 amide bonds. The summed E-state index contributed by atoms with van der Waals surface area (Å²) in [5.41, 5.74) is 1.37. The Morgan fingerprint density at radius 2 is 1.77 bits per heavy atom. The summed E-state index contributed by atoms with van der Waals surface area (Å²) in [6.07, 6.45) is 0. The molecular formula is C11H18S2. The van der Waals surface area contributed by atoms with Crippen LogP contribution in [0.25, 0.3) is 0 Å². The van der Waals surface area contributed by atoms with Crippen LogP contribution in [-0.2, 0) is 0 Å². The summed E-state index contributed by atoms with van der Waals surface area (Å²) in [4.78, 5) is 1.39. The van der Waals surface area contributed by atoms with Gasteiger partial charge in [-0.05, 0) is 18.6 Å². The fourth-order valence-corrected chi connectivity index (χ4v) is 2.65. The molecule has 13 heavy (non-hydrogen) atoms. The maximum absolute atomic E-state index is 2.18. The average Bonchev–Trinajstić information content (AvgIpc) is 2.20. The zero-order valence-electron chi connectivity index (χ0n) is 8.83. The Labute approximate surface area is 89.9 Å². The van der Waals surface area contributed by atoms with Gasteiger partial charge >= 0.3 is 0 Å². The lowest BCUT2D eigenvalue weighted by molar-refractivity contribution is 1.31. The van der Waals surface area contributed by atoms with Gasteiger partial charge in [-0.1, -0.05) is 60.6 Å². The van der Waals surface area contributed by atoms with Crippen molar-refractivity contribution < 1.29 is 0 Å². The van der Waals surface area contributed by atoms with Crippen molar-refractivity contribution in [3.05, 3.63) is 29.8 Å². The topological polar surface area (TPSA) is 0 Å². The third-order valence-corrected chi connectivity index (χ3v) is 3.95. The molecule has 1 aromatic carbocycles. The smallest absolute Gasteiger partial charge is 0.0212 e. The molecular weight excluding hydrogens is 196 g/mol. The second-order valence-electron chi connectivity index (χ2n) is 2.26. The van der Waals surface area contributed by atoms with Crippen LogP contribution >= 0.6 is 21.6 Å². The SMILES string of the molecule is CC.CCSSc1ccccc1C. The molecule has 0 fully saturated rings. The van der Waals surface area contributed by atoms with Crippen LogP contribution in [0.15, 0.2) is 29.2 Å². The molecule has 0 atom stereocenters. The van der Waals surface area contributed by atoms with Crippen LogP contribution in [0.3, 0.4) is 0 Å². The van der Waals surface area contributed by atoms with Crippen molar-refractivity contribution in [1.29, 1.82) is 0 Å². The van der Waals surface area contributed by atoms with E-state index < -0.39 is 0 Å². The molecule has 1 aromatic rings. The Kier molecular flexibility index (Phi) is 8.46. The van der Waals surface area contributed by atoms with E-state index in [2.05, 4.69) is 38.1 Å². The molecule has 0 radical (unpaired) electrons. The van der Waals surface area contributed by atoms with Gasteiger partial charge in [-0.3, -0.25) is 0 Å². The van der Waals surface area contributed by atoms with E-state index in [1.165, 1.54) is 16.2 Å². The molecule has 0 aliphatic carbocycles. The van der Waals surface area contributed by atoms with Crippen LogP contribution in [-0.4, -0.2) is 5.75 Å². The summed E-state index contributed by atoms with van der Waals surface area (Å²) in [5, 5.41) is 0. The van der Waals surface area contributed by atoms with Crippen molar-refractivity contribution in [2.45, 2.75) is 32.6 Å². The third-order valence-electron chi connectivity index (χ3n) is 1.36. The number of benzene rings is 1. The lowest BCUT2D eigenvalue weighted by Gasteiger charge is -2.01. The molecule has 0 bridgehead atoms. The Hall–Kier alpha value is -0.0800. The molecule has 74 valence electrons. The second-order valence-corrected chi connectivity index (χ2v) is 4.88. The van der Waals surface area contributed by atoms with Crippen LogP contribution in [0.1, 0.15) is 26.3 Å². The van der Waals surface area contributed by atoms with Gasteiger partial charge in [0.1, 0.15) is 0 Å². The van der Waals surface area contributed by atoms with E-state index in [0.717, 1.165) is 0 Å². The van der Waals surface area contributed by atoms with Crippen molar-refractivity contribution in [2.75, 3.05) is 5.75 Å². The maximum Gasteiger partial charge on any atom is 0.0212 e. The van der Waals surface area contributed by atoms with Crippen molar-refractivity contribution >= 4 is 21.6 Å². The summed E-state index contributed by atoms with van der Waals surface area (Å²) in [6, 6.07) is 8.49. The minimum atomic E-state index is 1.17. The summed E-state index contributed by atoms with van der Waals surface area (Å²) in [7, 11) is 3.76. The largest absolute Gasteiger partial charge is 0.0892 e. The molecule has 0 unspecified atom stereocenters. The molecule has 0 spiro atoms. The van der Waals surface area contributed by atoms with Gasteiger partial charge in [0.05, 0.1) is 0 Å². The van der Waals surface area contributed by atoms with Gasteiger partial charge in [-0.25, -0.2) is 0 Å². The Bertz CT molecular complexity index is 221. The number of hydrogen-bond acceptors (Lipinski definition) is 2. The van der Waals surface area contributed by atoms with Gasteiger partial charge in [0.15, 0.2) is 0 Å². The minimum absolute atomic E-state index is 1.17. The Morgan fingerprint density at radius 3 is 2.31 bits per heavy atom. The normalized spacial score (nSPS) is 8.92. The summed E-state index contributed by atoms with van der Waals surface area (Å²) in [5.74, 6) is 1.17. The number of rotatable bonds is 3. The molecule has 0 N–H and O–H groups in total. The monoisotopic (exact) mass is 214 g/mol. The lowest BCUT2D eigenvalue weighted by atomic mass is 10.2. The first-order valence-corrected chi connectivity index (χ1v) is 7.01. The van der Waals surface area contributed by atoms with Gasteiger partial charge in [0.2, 0.25) is 0 Å². The fourth-order valence-electron chi connectivity index (χ4n) is 0.772. The van der Waals surface area contributed by atoms with Crippen molar-refractivity contribution in [3.63, 3.8) is 0 Å². The molecule has 0 aliphatic rings. The van der Waals surface area contributed by atoms with Crippen LogP contribution in [0.4, 0.5) is 0 Å². The van der Waals surface area contributed by atoms with Gasteiger partial charge in [0.25, 0.3) is 0 Å². The first kappa shape index (κ1) is 12.9. The Balaban J connectivity index is 0.000000671. The fraction of sp³-hybridized carbons (Fsp3) is 0.455. The van der Waals surface area contributed by atoms with E-state index >= 15 is 0 Å². The van der Waals surface area contributed by atoms with Crippen LogP contribution in [0.2, 0.25) is 0 Å². The molecule has 0 saturated heterocycles. The third kappa shape index (κ3) is 5.27. The van der Waals surface area contributed by atoms with Crippen molar-refractivity contribution in [2.24, 2.45) is 0 Å². The van der Waals surface area contributed by atoms with E-state index in [9.17, 15) is 0 Å². The summed E-state index contributed by atoms with van der Waals surface area (Å²) >= 11 is 0. The summed E-state index contributed by atoms with van der Waals surface area (Å²) < 4.78 is 0. The zero-order valence-corrected chi connectivity index (χ0v) is 10.5. The van der Waals surface area contributed by atoms with Crippen molar-refractivity contribution in [3.8, 4) is 0 Å². The highest BCUT2D eigenvalue weighted by Crippen LogP contribution is 2.32. The molecule has 2 heteroatoms. The van der Waals surface area contributed by atoms with Crippen LogP contribution < -0.4 is 0 Å². The second kappa shape index (κ2) is 8.52. The van der Waals surface area contributed by atoms with Crippen LogP contribution in [0.5, 0.6) is 0 Å². The molecule has 0 aromatic heterocycles. The van der Waals surface area contributed by atoms with E-state index in [1.807, 2.05) is 35.4 Å². The number of hydrogen-bond donors (Lipinski definition) is 0. The minimum Gasteiger partial charge on any atom is -0.0892 e.